The molecule has 2 N–H and O–H groups in total. The Balaban J connectivity index is 2.11. The highest BCUT2D eigenvalue weighted by atomic mass is 35.5. The Morgan fingerprint density at radius 1 is 1.35 bits per heavy atom. The average Bonchev–Trinajstić information content (AvgIpc) is 2.84. The number of anilines is 1. The van der Waals surface area contributed by atoms with Gasteiger partial charge in [-0.05, 0) is 36.4 Å². The third-order valence-corrected chi connectivity index (χ3v) is 5.31. The largest absolute Gasteiger partial charge is 0.368 e. The maximum Gasteiger partial charge on any atom is 0.222 e. The van der Waals surface area contributed by atoms with Gasteiger partial charge in [0.25, 0.3) is 0 Å². The number of hydrogen-bond donors (Lipinski definition) is 1. The van der Waals surface area contributed by atoms with Crippen molar-refractivity contribution in [2.45, 2.75) is 23.4 Å². The van der Waals surface area contributed by atoms with Crippen LogP contribution in [0, 0.1) is 0 Å². The van der Waals surface area contributed by atoms with E-state index in [9.17, 15) is 0 Å². The van der Waals surface area contributed by atoms with Gasteiger partial charge in [0.2, 0.25) is 5.95 Å². The first-order chi connectivity index (χ1) is 9.67. The molecule has 3 aromatic rings. The molecule has 0 spiro atoms. The van der Waals surface area contributed by atoms with E-state index in [4.69, 9.17) is 17.3 Å². The van der Waals surface area contributed by atoms with Gasteiger partial charge in [-0.1, -0.05) is 18.5 Å². The van der Waals surface area contributed by atoms with E-state index in [1.54, 1.807) is 23.6 Å². The number of nitrogens with two attached hydrogens (primary N) is 1. The molecule has 3 heterocycles. The highest BCUT2D eigenvalue weighted by Gasteiger charge is 2.13. The second-order valence-electron chi connectivity index (χ2n) is 4.06. The third-order valence-electron chi connectivity index (χ3n) is 2.69. The maximum atomic E-state index is 6.14. The molecule has 0 aliphatic heterocycles. The summed E-state index contributed by atoms with van der Waals surface area (Å²) in [6, 6.07) is 5.72. The van der Waals surface area contributed by atoms with Gasteiger partial charge in [0.1, 0.15) is 14.9 Å². The quantitative estimate of drug-likeness (QED) is 0.737. The molecule has 0 atom stereocenters. The van der Waals surface area contributed by atoms with Crippen LogP contribution in [0.3, 0.4) is 0 Å². The van der Waals surface area contributed by atoms with E-state index >= 15 is 0 Å². The van der Waals surface area contributed by atoms with Crippen LogP contribution in [0.25, 0.3) is 10.2 Å². The minimum absolute atomic E-state index is 0.275. The van der Waals surface area contributed by atoms with E-state index in [0.717, 1.165) is 26.7 Å². The molecule has 3 rings (SSSR count). The number of fused-ring (bicyclic) bond motifs is 1. The second-order valence-corrected chi connectivity index (χ2v) is 6.56. The molecule has 102 valence electrons. The molecule has 20 heavy (non-hydrogen) atoms. The molecule has 0 unspecified atom stereocenters. The van der Waals surface area contributed by atoms with Gasteiger partial charge in [0.05, 0.1) is 5.02 Å². The summed E-state index contributed by atoms with van der Waals surface area (Å²) in [5.41, 5.74) is 5.78. The van der Waals surface area contributed by atoms with E-state index < -0.39 is 0 Å². The first kappa shape index (κ1) is 13.6. The Kier molecular flexibility index (Phi) is 3.78. The predicted molar refractivity (Wildman–Crippen MR) is 84.6 cm³/mol. The summed E-state index contributed by atoms with van der Waals surface area (Å²) in [6.45, 7) is 2.12. The van der Waals surface area contributed by atoms with Crippen molar-refractivity contribution >= 4 is 50.9 Å². The van der Waals surface area contributed by atoms with Crippen LogP contribution < -0.4 is 5.73 Å². The lowest BCUT2D eigenvalue weighted by Crippen LogP contribution is -1.95. The Bertz CT molecular complexity index is 772. The second kappa shape index (κ2) is 5.55. The smallest absolute Gasteiger partial charge is 0.222 e. The molecule has 0 saturated carbocycles. The van der Waals surface area contributed by atoms with Crippen LogP contribution in [0.1, 0.15) is 11.8 Å². The summed E-state index contributed by atoms with van der Waals surface area (Å²) in [6.07, 6.45) is 2.68. The fourth-order valence-corrected chi connectivity index (χ4v) is 3.89. The van der Waals surface area contributed by atoms with Crippen molar-refractivity contribution < 1.29 is 0 Å². The zero-order valence-electron chi connectivity index (χ0n) is 10.6. The van der Waals surface area contributed by atoms with Crippen molar-refractivity contribution in [2.24, 2.45) is 0 Å². The van der Waals surface area contributed by atoms with E-state index in [0.29, 0.717) is 5.02 Å². The fourth-order valence-electron chi connectivity index (χ4n) is 1.75. The van der Waals surface area contributed by atoms with E-state index in [1.165, 1.54) is 16.6 Å². The van der Waals surface area contributed by atoms with Crippen molar-refractivity contribution in [1.29, 1.82) is 0 Å². The van der Waals surface area contributed by atoms with Crippen molar-refractivity contribution in [3.63, 3.8) is 0 Å². The molecule has 7 heteroatoms. The van der Waals surface area contributed by atoms with Crippen LogP contribution in [0.15, 0.2) is 34.4 Å². The number of aryl methyl sites for hydroxylation is 1. The number of nitrogens with zero attached hydrogens (tertiary/aromatic N) is 3. The number of rotatable bonds is 3. The number of halogens is 1. The molecule has 0 bridgehead atoms. The standard InChI is InChI=1S/C13H11ClN4S2/c1-2-7-6-8-10(19-7)17-13(15)18-11(8)20-12-9(14)4-3-5-16-12/h3-6H,2H2,1H3,(H2,15,17,18). The van der Waals surface area contributed by atoms with Gasteiger partial charge in [-0.3, -0.25) is 0 Å². The van der Waals surface area contributed by atoms with Crippen molar-refractivity contribution in [2.75, 3.05) is 5.73 Å². The van der Waals surface area contributed by atoms with Crippen molar-refractivity contribution in [3.05, 3.63) is 34.3 Å². The highest BCUT2D eigenvalue weighted by molar-refractivity contribution is 7.99. The van der Waals surface area contributed by atoms with E-state index in [1.807, 2.05) is 6.07 Å². The third kappa shape index (κ3) is 2.59. The molecule has 0 radical (unpaired) electrons. The summed E-state index contributed by atoms with van der Waals surface area (Å²) in [7, 11) is 0. The van der Waals surface area contributed by atoms with Crippen LogP contribution in [0.5, 0.6) is 0 Å². The van der Waals surface area contributed by atoms with E-state index in [-0.39, 0.29) is 5.95 Å². The van der Waals surface area contributed by atoms with Gasteiger partial charge in [0, 0.05) is 16.5 Å². The molecular formula is C13H11ClN4S2. The minimum atomic E-state index is 0.275. The summed E-state index contributed by atoms with van der Waals surface area (Å²) < 4.78 is 0. The van der Waals surface area contributed by atoms with Gasteiger partial charge in [-0.2, -0.15) is 0 Å². The molecule has 0 saturated heterocycles. The number of pyridine rings is 1. The summed E-state index contributed by atoms with van der Waals surface area (Å²) >= 11 is 9.20. The molecule has 0 aliphatic rings. The number of nitrogen functional groups attached to an aromatic ring is 1. The Morgan fingerprint density at radius 2 is 2.20 bits per heavy atom. The topological polar surface area (TPSA) is 64.7 Å². The fraction of sp³-hybridized carbons (Fsp3) is 0.154. The van der Waals surface area contributed by atoms with Crippen molar-refractivity contribution in [1.82, 2.24) is 15.0 Å². The molecule has 0 aromatic carbocycles. The Labute approximate surface area is 129 Å². The Hall–Kier alpha value is -1.37. The summed E-state index contributed by atoms with van der Waals surface area (Å²) in [5, 5.41) is 3.13. The van der Waals surface area contributed by atoms with Gasteiger partial charge in [-0.15, -0.1) is 11.3 Å². The zero-order valence-corrected chi connectivity index (χ0v) is 13.0. The average molecular weight is 323 g/mol. The summed E-state index contributed by atoms with van der Waals surface area (Å²) in [4.78, 5) is 15.0. The van der Waals surface area contributed by atoms with Crippen LogP contribution in [0.4, 0.5) is 5.95 Å². The first-order valence-electron chi connectivity index (χ1n) is 6.01. The lowest BCUT2D eigenvalue weighted by atomic mass is 10.3. The lowest BCUT2D eigenvalue weighted by Gasteiger charge is -2.04. The molecule has 0 amide bonds. The number of thiophene rings is 1. The highest BCUT2D eigenvalue weighted by Crippen LogP contribution is 2.37. The number of hydrogen-bond acceptors (Lipinski definition) is 6. The zero-order chi connectivity index (χ0) is 14.1. The van der Waals surface area contributed by atoms with E-state index in [2.05, 4.69) is 27.9 Å². The molecule has 3 aromatic heterocycles. The van der Waals surface area contributed by atoms with Gasteiger partial charge >= 0.3 is 0 Å². The molecule has 0 aliphatic carbocycles. The maximum absolute atomic E-state index is 6.14. The summed E-state index contributed by atoms with van der Waals surface area (Å²) in [5.74, 6) is 0.275. The first-order valence-corrected chi connectivity index (χ1v) is 8.02. The SMILES string of the molecule is CCc1cc2c(Sc3ncccc3Cl)nc(N)nc2s1. The molecule has 4 nitrogen and oxygen atoms in total. The van der Waals surface area contributed by atoms with Crippen LogP contribution in [0.2, 0.25) is 5.02 Å². The Morgan fingerprint density at radius 3 is 2.95 bits per heavy atom. The predicted octanol–water partition coefficient (Wildman–Crippen LogP) is 4.04. The molecule has 0 fully saturated rings. The van der Waals surface area contributed by atoms with Crippen molar-refractivity contribution in [3.8, 4) is 0 Å². The van der Waals surface area contributed by atoms with Gasteiger partial charge < -0.3 is 5.73 Å². The molecular weight excluding hydrogens is 312 g/mol. The van der Waals surface area contributed by atoms with Gasteiger partial charge in [-0.25, -0.2) is 15.0 Å². The normalized spacial score (nSPS) is 11.1. The van der Waals surface area contributed by atoms with Crippen LogP contribution in [-0.4, -0.2) is 15.0 Å². The minimum Gasteiger partial charge on any atom is -0.368 e. The monoisotopic (exact) mass is 322 g/mol. The van der Waals surface area contributed by atoms with Crippen LogP contribution in [-0.2, 0) is 6.42 Å². The number of aromatic nitrogens is 3. The lowest BCUT2D eigenvalue weighted by molar-refractivity contribution is 1.09. The van der Waals surface area contributed by atoms with Crippen LogP contribution >= 0.6 is 34.7 Å². The van der Waals surface area contributed by atoms with Gasteiger partial charge in [0.15, 0.2) is 0 Å².